The first-order valence-electron chi connectivity index (χ1n) is 40.3. The fraction of sp³-hybridized carbons (Fsp3) is 0.333. The third-order valence-corrected chi connectivity index (χ3v) is 22.9. The van der Waals surface area contributed by atoms with Gasteiger partial charge in [0.25, 0.3) is 17.7 Å². The molecule has 1 aliphatic carbocycles. The van der Waals surface area contributed by atoms with Gasteiger partial charge in [-0.15, -0.1) is 0 Å². The normalized spacial score (nSPS) is 14.9. The number of fused-ring (bicyclic) bond motifs is 4. The van der Waals surface area contributed by atoms with Crippen LogP contribution in [-0.4, -0.2) is 157 Å². The number of carbonyl (C=O) groups is 3. The van der Waals surface area contributed by atoms with E-state index in [1.807, 2.05) is 78.9 Å². The predicted octanol–water partition coefficient (Wildman–Crippen LogP) is 13.3. The zero-order chi connectivity index (χ0) is 81.6. The molecule has 12 aromatic rings. The molecule has 6 N–H and O–H groups in total. The Kier molecular flexibility index (Phi) is 26.1. The number of nitrogens with zero attached hydrogens (tertiary/aromatic N) is 12. The molecule has 0 spiro atoms. The average Bonchev–Trinajstić information content (AvgIpc) is 1.66. The maximum atomic E-state index is 13.3. The van der Waals surface area contributed by atoms with Crippen LogP contribution in [-0.2, 0) is 40.2 Å². The van der Waals surface area contributed by atoms with Gasteiger partial charge < -0.3 is 44.4 Å². The number of hydrogen-bond acceptors (Lipinski definition) is 21. The molecule has 0 radical (unpaired) electrons. The van der Waals surface area contributed by atoms with Crippen LogP contribution in [0.4, 0.5) is 34.9 Å². The lowest BCUT2D eigenvalue weighted by Crippen LogP contribution is -2.32. The summed E-state index contributed by atoms with van der Waals surface area (Å²) in [4.78, 5) is 126. The van der Waals surface area contributed by atoms with Crippen molar-refractivity contribution in [2.45, 2.75) is 116 Å². The Balaban J connectivity index is 0.000000145. The quantitative estimate of drug-likeness (QED) is 0.0344. The number of amides is 3. The molecular weight excluding hydrogens is 1480 g/mol. The third kappa shape index (κ3) is 18.8. The van der Waals surface area contributed by atoms with Gasteiger partial charge in [0.1, 0.15) is 16.7 Å². The molecule has 3 aliphatic heterocycles. The maximum absolute atomic E-state index is 13.3. The standard InChI is InChI=1S/C31H34N6O3.C30H34N6O3.C29H32N6O3/c1-3-36-15-13-22(14-16-36)21-7-10-24(11-8-21)33-31-32-18-26-28(38)27(30(39)35-40-2)19-37(29(26)34-31)25-12-9-20-5-4-6-23(20)17-25;1-4-20-6-12-24(13-7-20)36-19-26(29(38)34-39-3)27(37)25-18-31-30(33-28(25)36)32-23-10-8-21(9-11-23)22-14-16-35(5-2)17-15-22;1-4-19-5-11-23(12-6-19)35-18-25(28(37)33-38-3)26(36)24-17-30-29(32-27(24)35)31-22-9-7-20(8-10-22)21-13-15-34(2)16-14-21/h7-12,17-19,22H,3-6,13-16H2,1-2H3,(H,35,39)(H,32,33,34);6-13,18-19,22H,4-5,14-17H2,1-3H3,(H,34,38)(H,31,32,33);5-12,17-18,21H,4,13-16H2,1-3H3,(H,33,37)(H,30,31,32). The monoisotopic (exact) mass is 1580 g/mol. The number of rotatable bonds is 22. The molecule has 117 heavy (non-hydrogen) atoms. The van der Waals surface area contributed by atoms with Crippen LogP contribution in [0.15, 0.2) is 191 Å². The minimum atomic E-state index is -0.634. The first-order valence-corrected chi connectivity index (χ1v) is 40.3. The topological polar surface area (TPSA) is 304 Å². The molecule has 3 saturated heterocycles. The highest BCUT2D eigenvalue weighted by atomic mass is 16.6. The van der Waals surface area contributed by atoms with Crippen LogP contribution in [0, 0.1) is 0 Å². The second-order valence-corrected chi connectivity index (χ2v) is 30.0. The fourth-order valence-electron chi connectivity index (χ4n) is 15.9. The molecule has 3 amide bonds. The van der Waals surface area contributed by atoms with Gasteiger partial charge in [0.15, 0.2) is 16.9 Å². The van der Waals surface area contributed by atoms with E-state index in [-0.39, 0.29) is 32.8 Å². The summed E-state index contributed by atoms with van der Waals surface area (Å²) in [5.41, 5.74) is 20.4. The van der Waals surface area contributed by atoms with Crippen molar-refractivity contribution in [2.24, 2.45) is 0 Å². The van der Waals surface area contributed by atoms with Crippen LogP contribution in [0.25, 0.3) is 50.2 Å². The highest BCUT2D eigenvalue weighted by Crippen LogP contribution is 2.34. The summed E-state index contributed by atoms with van der Waals surface area (Å²) in [6.45, 7) is 17.6. The average molecular weight is 1580 g/mol. The van der Waals surface area contributed by atoms with Crippen molar-refractivity contribution in [3.8, 4) is 17.1 Å². The summed E-state index contributed by atoms with van der Waals surface area (Å²) in [5.74, 6) is 0.950. The molecule has 16 rings (SSSR count). The number of anilines is 6. The van der Waals surface area contributed by atoms with E-state index in [2.05, 4.69) is 162 Å². The van der Waals surface area contributed by atoms with Crippen LogP contribution in [0.2, 0.25) is 0 Å². The first kappa shape index (κ1) is 81.3. The second kappa shape index (κ2) is 37.6. The van der Waals surface area contributed by atoms with E-state index in [1.54, 1.807) is 13.7 Å². The SMILES string of the molecule is CCN1CCC(c2ccc(Nc3ncc4c(=O)c(C(=O)NOC)cn(-c5ccc6c(c5)CCC6)c4n3)cc2)CC1.CCc1ccc(-n2cc(C(=O)NOC)c(=O)c3cnc(Nc4ccc(C5CCN(C)CC5)cc4)nc32)cc1.CCc1ccc(-n2cc(C(=O)NOC)c(=O)c3cnc(Nc4ccc(C5CCN(CC)CC5)cc4)nc32)cc1. The lowest BCUT2D eigenvalue weighted by molar-refractivity contribution is 0.0532. The highest BCUT2D eigenvalue weighted by molar-refractivity contribution is 5.98. The van der Waals surface area contributed by atoms with Crippen molar-refractivity contribution in [2.75, 3.05) is 96.7 Å². The van der Waals surface area contributed by atoms with Crippen molar-refractivity contribution in [3.63, 3.8) is 0 Å². The lowest BCUT2D eigenvalue weighted by Gasteiger charge is -2.31. The van der Waals surface area contributed by atoms with E-state index in [4.69, 9.17) is 24.5 Å². The van der Waals surface area contributed by atoms with Crippen molar-refractivity contribution in [1.29, 1.82) is 0 Å². The van der Waals surface area contributed by atoms with Crippen LogP contribution >= 0.6 is 0 Å². The first-order chi connectivity index (χ1) is 57.0. The molecule has 6 aromatic heterocycles. The number of piperidine rings is 3. The molecule has 3 fully saturated rings. The van der Waals surface area contributed by atoms with Gasteiger partial charge in [-0.25, -0.2) is 31.4 Å². The Hall–Kier alpha value is -12.2. The Labute approximate surface area is 678 Å². The molecule has 6 aromatic carbocycles. The van der Waals surface area contributed by atoms with E-state index in [1.165, 1.54) is 123 Å². The van der Waals surface area contributed by atoms with Gasteiger partial charge in [0.2, 0.25) is 34.1 Å². The fourth-order valence-corrected chi connectivity index (χ4v) is 15.9. The lowest BCUT2D eigenvalue weighted by atomic mass is 9.89. The van der Waals surface area contributed by atoms with Gasteiger partial charge in [-0.3, -0.25) is 43.3 Å². The zero-order valence-electron chi connectivity index (χ0n) is 67.5. The summed E-state index contributed by atoms with van der Waals surface area (Å²) >= 11 is 0. The molecule has 0 atom stereocenters. The van der Waals surface area contributed by atoms with Gasteiger partial charge >= 0.3 is 0 Å². The Morgan fingerprint density at radius 3 is 1.04 bits per heavy atom. The van der Waals surface area contributed by atoms with E-state index in [0.717, 1.165) is 131 Å². The molecule has 0 unspecified atom stereocenters. The van der Waals surface area contributed by atoms with Crippen molar-refractivity contribution >= 4 is 85.7 Å². The number of hydroxylamine groups is 3. The minimum absolute atomic E-state index is 0.0421. The number of nitrogens with one attached hydrogen (secondary N) is 6. The zero-order valence-corrected chi connectivity index (χ0v) is 67.5. The van der Waals surface area contributed by atoms with Gasteiger partial charge in [0.05, 0.1) is 37.5 Å². The summed E-state index contributed by atoms with van der Waals surface area (Å²) in [6, 6.07) is 47.4. The van der Waals surface area contributed by atoms with Crippen LogP contribution in [0.5, 0.6) is 0 Å². The van der Waals surface area contributed by atoms with Crippen molar-refractivity contribution in [3.05, 3.63) is 263 Å². The number of aryl methyl sites for hydroxylation is 4. The van der Waals surface area contributed by atoms with Crippen molar-refractivity contribution < 1.29 is 28.9 Å². The molecular formula is C90H100N18O9. The van der Waals surface area contributed by atoms with Gasteiger partial charge in [-0.1, -0.05) is 94.4 Å². The van der Waals surface area contributed by atoms with Crippen LogP contribution < -0.4 is 48.7 Å². The number of aromatic nitrogens is 9. The molecule has 9 heterocycles. The summed E-state index contributed by atoms with van der Waals surface area (Å²) in [5, 5.41) is 10.5. The van der Waals surface area contributed by atoms with E-state index < -0.39 is 34.0 Å². The molecule has 27 heteroatoms. The number of hydrogen-bond donors (Lipinski definition) is 6. The smallest absolute Gasteiger partial charge is 0.280 e. The molecule has 27 nitrogen and oxygen atoms in total. The molecule has 0 bridgehead atoms. The Morgan fingerprint density at radius 1 is 0.402 bits per heavy atom. The number of pyridine rings is 3. The Morgan fingerprint density at radius 2 is 0.718 bits per heavy atom. The Bertz CT molecular complexity index is 5720. The predicted molar refractivity (Wildman–Crippen MR) is 456 cm³/mol. The number of benzene rings is 6. The highest BCUT2D eigenvalue weighted by Gasteiger charge is 2.27. The van der Waals surface area contributed by atoms with E-state index in [9.17, 15) is 28.8 Å². The maximum Gasteiger partial charge on any atom is 0.280 e. The van der Waals surface area contributed by atoms with Crippen LogP contribution in [0.3, 0.4) is 0 Å². The number of carbonyl (C=O) groups excluding carboxylic acids is 3. The molecule has 604 valence electrons. The van der Waals surface area contributed by atoms with Crippen molar-refractivity contribution in [1.82, 2.24) is 74.7 Å². The summed E-state index contributed by atoms with van der Waals surface area (Å²) in [7, 11) is 6.15. The van der Waals surface area contributed by atoms with Gasteiger partial charge in [0, 0.05) is 71.3 Å². The second-order valence-electron chi connectivity index (χ2n) is 30.0. The summed E-state index contributed by atoms with van der Waals surface area (Å²) in [6.07, 6.45) is 21.0. The van der Waals surface area contributed by atoms with Gasteiger partial charge in [-0.05, 0) is 260 Å². The van der Waals surface area contributed by atoms with E-state index in [0.29, 0.717) is 52.5 Å². The minimum Gasteiger partial charge on any atom is -0.324 e. The van der Waals surface area contributed by atoms with Gasteiger partial charge in [-0.2, -0.15) is 15.0 Å². The third-order valence-electron chi connectivity index (χ3n) is 22.9. The summed E-state index contributed by atoms with van der Waals surface area (Å²) < 4.78 is 5.26. The molecule has 4 aliphatic rings. The molecule has 0 saturated carbocycles. The largest absolute Gasteiger partial charge is 0.324 e. The number of likely N-dealkylation sites (tertiary alicyclic amines) is 3. The van der Waals surface area contributed by atoms with E-state index >= 15 is 0 Å². The van der Waals surface area contributed by atoms with Crippen LogP contribution in [0.1, 0.15) is 160 Å².